The van der Waals surface area contributed by atoms with Gasteiger partial charge in [0.25, 0.3) is 15.6 Å². The first-order valence-corrected chi connectivity index (χ1v) is 11.9. The number of aromatic nitrogens is 2. The van der Waals surface area contributed by atoms with Crippen molar-refractivity contribution in [2.45, 2.75) is 18.7 Å². The number of sulfonamides is 1. The molecule has 0 fully saturated rings. The SMILES string of the molecule is CC(=O)NS(=O)(=O)c1ccc(-c2ccc(C=Nn3c(C)nc4ccc(Br)cc4c3=O)o2)cc1. The number of rotatable bonds is 5. The molecule has 168 valence electrons. The van der Waals surface area contributed by atoms with E-state index in [0.29, 0.717) is 33.8 Å². The molecule has 0 aliphatic heterocycles. The zero-order valence-electron chi connectivity index (χ0n) is 17.4. The van der Waals surface area contributed by atoms with Crippen LogP contribution in [0.5, 0.6) is 0 Å². The van der Waals surface area contributed by atoms with Crippen molar-refractivity contribution in [1.29, 1.82) is 0 Å². The van der Waals surface area contributed by atoms with Gasteiger partial charge in [0.1, 0.15) is 17.3 Å². The van der Waals surface area contributed by atoms with Gasteiger partial charge in [-0.15, -0.1) is 0 Å². The number of aryl methyl sites for hydroxylation is 1. The average Bonchev–Trinajstić information content (AvgIpc) is 3.22. The largest absolute Gasteiger partial charge is 0.455 e. The number of furan rings is 1. The summed E-state index contributed by atoms with van der Waals surface area (Å²) in [7, 11) is -3.91. The van der Waals surface area contributed by atoms with Gasteiger partial charge in [-0.25, -0.2) is 18.1 Å². The Labute approximate surface area is 196 Å². The van der Waals surface area contributed by atoms with E-state index in [-0.39, 0.29) is 10.5 Å². The minimum Gasteiger partial charge on any atom is -0.455 e. The van der Waals surface area contributed by atoms with Crippen molar-refractivity contribution < 1.29 is 17.6 Å². The molecule has 0 bridgehead atoms. The van der Waals surface area contributed by atoms with Crippen LogP contribution in [0.25, 0.3) is 22.2 Å². The van der Waals surface area contributed by atoms with Crippen molar-refractivity contribution in [2.24, 2.45) is 5.10 Å². The number of halogens is 1. The Morgan fingerprint density at radius 1 is 1.15 bits per heavy atom. The van der Waals surface area contributed by atoms with Gasteiger partial charge in [0.05, 0.1) is 22.0 Å². The predicted molar refractivity (Wildman–Crippen MR) is 127 cm³/mol. The van der Waals surface area contributed by atoms with E-state index < -0.39 is 15.9 Å². The van der Waals surface area contributed by atoms with Gasteiger partial charge < -0.3 is 4.42 Å². The molecule has 11 heteroatoms. The van der Waals surface area contributed by atoms with Crippen LogP contribution in [0.15, 0.2) is 78.3 Å². The van der Waals surface area contributed by atoms with Crippen LogP contribution in [0.1, 0.15) is 18.5 Å². The second kappa shape index (κ2) is 8.75. The lowest BCUT2D eigenvalue weighted by atomic mass is 10.2. The van der Waals surface area contributed by atoms with E-state index in [1.165, 1.54) is 23.0 Å². The zero-order valence-corrected chi connectivity index (χ0v) is 19.8. The number of benzene rings is 2. The lowest BCUT2D eigenvalue weighted by molar-refractivity contribution is -0.117. The molecule has 0 radical (unpaired) electrons. The van der Waals surface area contributed by atoms with Crippen LogP contribution in [0.2, 0.25) is 0 Å². The summed E-state index contributed by atoms with van der Waals surface area (Å²) in [6.07, 6.45) is 1.40. The van der Waals surface area contributed by atoms with Gasteiger partial charge in [-0.05, 0) is 61.5 Å². The van der Waals surface area contributed by atoms with E-state index in [4.69, 9.17) is 4.42 Å². The number of carbonyl (C=O) groups excluding carboxylic acids is 1. The maximum absolute atomic E-state index is 12.8. The minimum absolute atomic E-state index is 0.0416. The second-order valence-electron chi connectivity index (χ2n) is 7.07. The summed E-state index contributed by atoms with van der Waals surface area (Å²) in [5.74, 6) is 0.622. The van der Waals surface area contributed by atoms with E-state index in [0.717, 1.165) is 11.4 Å². The molecular formula is C22H17BrN4O5S. The summed E-state index contributed by atoms with van der Waals surface area (Å²) in [5.41, 5.74) is 0.899. The Bertz CT molecular complexity index is 1570. The molecule has 0 unspecified atom stereocenters. The van der Waals surface area contributed by atoms with Crippen molar-refractivity contribution in [3.05, 3.63) is 81.0 Å². The molecule has 2 aromatic heterocycles. The van der Waals surface area contributed by atoms with Gasteiger partial charge in [0, 0.05) is 17.0 Å². The van der Waals surface area contributed by atoms with Crippen LogP contribution in [0.4, 0.5) is 0 Å². The van der Waals surface area contributed by atoms with Gasteiger partial charge in [0.2, 0.25) is 5.91 Å². The van der Waals surface area contributed by atoms with Crippen molar-refractivity contribution in [3.63, 3.8) is 0 Å². The third-order valence-corrected chi connectivity index (χ3v) is 6.57. The number of hydrogen-bond acceptors (Lipinski definition) is 7. The molecule has 1 amide bonds. The van der Waals surface area contributed by atoms with Gasteiger partial charge in [-0.1, -0.05) is 15.9 Å². The molecule has 2 aromatic carbocycles. The van der Waals surface area contributed by atoms with Crippen molar-refractivity contribution in [3.8, 4) is 11.3 Å². The first-order chi connectivity index (χ1) is 15.6. The first kappa shape index (κ1) is 22.6. The molecule has 0 saturated heterocycles. The molecule has 2 heterocycles. The van der Waals surface area contributed by atoms with Gasteiger partial charge >= 0.3 is 0 Å². The van der Waals surface area contributed by atoms with Gasteiger partial charge in [-0.3, -0.25) is 9.59 Å². The minimum atomic E-state index is -3.91. The number of hydrogen-bond donors (Lipinski definition) is 1. The van der Waals surface area contributed by atoms with Crippen LogP contribution in [-0.4, -0.2) is 30.2 Å². The molecule has 9 nitrogen and oxygen atoms in total. The Balaban J connectivity index is 1.60. The van der Waals surface area contributed by atoms with E-state index in [9.17, 15) is 18.0 Å². The topological polar surface area (TPSA) is 124 Å². The molecule has 33 heavy (non-hydrogen) atoms. The monoisotopic (exact) mass is 528 g/mol. The quantitative estimate of drug-likeness (QED) is 0.395. The number of fused-ring (bicyclic) bond motifs is 1. The fraction of sp³-hybridized carbons (Fsp3) is 0.0909. The van der Waals surface area contributed by atoms with Crippen molar-refractivity contribution >= 4 is 49.0 Å². The highest BCUT2D eigenvalue weighted by atomic mass is 79.9. The number of amides is 1. The van der Waals surface area contributed by atoms with Crippen molar-refractivity contribution in [1.82, 2.24) is 14.4 Å². The van der Waals surface area contributed by atoms with Gasteiger partial charge in [0.15, 0.2) is 0 Å². The Kier molecular flexibility index (Phi) is 6.00. The summed E-state index contributed by atoms with van der Waals surface area (Å²) in [5, 5.41) is 4.66. The highest BCUT2D eigenvalue weighted by Gasteiger charge is 2.16. The summed E-state index contributed by atoms with van der Waals surface area (Å²) >= 11 is 3.35. The normalized spacial score (nSPS) is 11.8. The fourth-order valence-corrected chi connectivity index (χ4v) is 4.49. The predicted octanol–water partition coefficient (Wildman–Crippen LogP) is 3.43. The summed E-state index contributed by atoms with van der Waals surface area (Å²) in [4.78, 5) is 28.2. The van der Waals surface area contributed by atoms with Crippen LogP contribution in [0.3, 0.4) is 0 Å². The molecule has 0 saturated carbocycles. The molecule has 4 aromatic rings. The molecule has 0 spiro atoms. The molecule has 0 aliphatic rings. The molecule has 1 N–H and O–H groups in total. The molecule has 0 aliphatic carbocycles. The maximum atomic E-state index is 12.8. The number of nitrogens with zero attached hydrogens (tertiary/aromatic N) is 3. The Morgan fingerprint density at radius 2 is 1.88 bits per heavy atom. The van der Waals surface area contributed by atoms with E-state index >= 15 is 0 Å². The summed E-state index contributed by atoms with van der Waals surface area (Å²) in [6, 6.07) is 14.5. The summed E-state index contributed by atoms with van der Waals surface area (Å²) < 4.78 is 33.7. The zero-order chi connectivity index (χ0) is 23.8. The standard InChI is InChI=1S/C22H17BrN4O5S/c1-13-25-20-9-5-16(23)11-19(20)22(29)27(13)24-12-17-6-10-21(32-17)15-3-7-18(8-4-15)33(30,31)26-14(2)28/h3-12H,1-2H3,(H,26,28). The van der Waals surface area contributed by atoms with Crippen LogP contribution >= 0.6 is 15.9 Å². The third-order valence-electron chi connectivity index (χ3n) is 4.62. The lowest BCUT2D eigenvalue weighted by Crippen LogP contribution is -2.28. The Morgan fingerprint density at radius 3 is 2.58 bits per heavy atom. The first-order valence-electron chi connectivity index (χ1n) is 9.61. The number of carbonyl (C=O) groups is 1. The van der Waals surface area contributed by atoms with Crippen LogP contribution in [0, 0.1) is 6.92 Å². The van der Waals surface area contributed by atoms with Crippen LogP contribution < -0.4 is 10.3 Å². The second-order valence-corrected chi connectivity index (χ2v) is 9.67. The number of nitrogens with one attached hydrogen (secondary N) is 1. The highest BCUT2D eigenvalue weighted by molar-refractivity contribution is 9.10. The van der Waals surface area contributed by atoms with E-state index in [2.05, 4.69) is 26.0 Å². The Hall–Kier alpha value is -3.57. The van der Waals surface area contributed by atoms with Gasteiger partial charge in [-0.2, -0.15) is 9.78 Å². The van der Waals surface area contributed by atoms with E-state index in [1.54, 1.807) is 43.3 Å². The fourth-order valence-electron chi connectivity index (χ4n) is 3.13. The van der Waals surface area contributed by atoms with E-state index in [1.807, 2.05) is 10.8 Å². The molecule has 0 atom stereocenters. The molecular weight excluding hydrogens is 512 g/mol. The smallest absolute Gasteiger partial charge is 0.282 e. The molecule has 4 rings (SSSR count). The highest BCUT2D eigenvalue weighted by Crippen LogP contribution is 2.23. The van der Waals surface area contributed by atoms with Crippen molar-refractivity contribution in [2.75, 3.05) is 0 Å². The third kappa shape index (κ3) is 4.78. The summed E-state index contributed by atoms with van der Waals surface area (Å²) in [6.45, 7) is 2.81. The lowest BCUT2D eigenvalue weighted by Gasteiger charge is -2.05. The average molecular weight is 529 g/mol. The van der Waals surface area contributed by atoms with Crippen LogP contribution in [-0.2, 0) is 14.8 Å². The maximum Gasteiger partial charge on any atom is 0.282 e.